The lowest BCUT2D eigenvalue weighted by Gasteiger charge is -2.03. The summed E-state index contributed by atoms with van der Waals surface area (Å²) in [5.74, 6) is 1.07. The highest BCUT2D eigenvalue weighted by molar-refractivity contribution is 7.99. The van der Waals surface area contributed by atoms with Crippen LogP contribution in [0.3, 0.4) is 0 Å². The Morgan fingerprint density at radius 1 is 1.42 bits per heavy atom. The molecular weight excluding hydrogens is 168 g/mol. The van der Waals surface area contributed by atoms with E-state index in [-0.39, 0.29) is 5.60 Å². The van der Waals surface area contributed by atoms with Crippen molar-refractivity contribution in [2.45, 2.75) is 17.4 Å². The van der Waals surface area contributed by atoms with Crippen molar-refractivity contribution in [3.05, 3.63) is 30.3 Å². The maximum atomic E-state index is 5.30. The van der Waals surface area contributed by atoms with Gasteiger partial charge in [-0.3, -0.25) is 0 Å². The van der Waals surface area contributed by atoms with Gasteiger partial charge in [0, 0.05) is 10.6 Å². The van der Waals surface area contributed by atoms with Gasteiger partial charge in [0.1, 0.15) is 0 Å². The summed E-state index contributed by atoms with van der Waals surface area (Å²) in [5, 5.41) is 0. The molecule has 2 heteroatoms. The lowest BCUT2D eigenvalue weighted by atomic mass is 10.3. The van der Waals surface area contributed by atoms with Crippen LogP contribution in [0, 0.1) is 0 Å². The summed E-state index contributed by atoms with van der Waals surface area (Å²) in [6, 6.07) is 10.4. The summed E-state index contributed by atoms with van der Waals surface area (Å²) < 4.78 is 5.30. The standard InChI is InChI=1S/C10H12OS/c1-10(7-11-10)8-12-9-5-3-2-4-6-9/h2-6H,7-8H2,1H3. The van der Waals surface area contributed by atoms with Crippen LogP contribution >= 0.6 is 11.8 Å². The lowest BCUT2D eigenvalue weighted by Crippen LogP contribution is -2.07. The second-order valence-electron chi connectivity index (χ2n) is 3.34. The largest absolute Gasteiger partial charge is 0.369 e. The van der Waals surface area contributed by atoms with Gasteiger partial charge in [0.2, 0.25) is 0 Å². The van der Waals surface area contributed by atoms with Crippen LogP contribution in [0.15, 0.2) is 35.2 Å². The van der Waals surface area contributed by atoms with Gasteiger partial charge in [-0.2, -0.15) is 0 Å². The quantitative estimate of drug-likeness (QED) is 0.523. The highest BCUT2D eigenvalue weighted by atomic mass is 32.2. The van der Waals surface area contributed by atoms with Crippen molar-refractivity contribution in [3.8, 4) is 0 Å². The molecule has 0 aliphatic carbocycles. The Bertz CT molecular complexity index is 254. The number of benzene rings is 1. The van der Waals surface area contributed by atoms with Crippen LogP contribution < -0.4 is 0 Å². The summed E-state index contributed by atoms with van der Waals surface area (Å²) in [5.41, 5.74) is 0.167. The molecule has 0 amide bonds. The van der Waals surface area contributed by atoms with Crippen molar-refractivity contribution < 1.29 is 4.74 Å². The molecule has 12 heavy (non-hydrogen) atoms. The zero-order valence-electron chi connectivity index (χ0n) is 7.12. The van der Waals surface area contributed by atoms with Crippen molar-refractivity contribution in [3.63, 3.8) is 0 Å². The first-order valence-corrected chi connectivity index (χ1v) is 5.09. The number of epoxide rings is 1. The van der Waals surface area contributed by atoms with E-state index in [0.717, 1.165) is 12.4 Å². The second-order valence-corrected chi connectivity index (χ2v) is 4.39. The van der Waals surface area contributed by atoms with E-state index in [1.807, 2.05) is 17.8 Å². The fraction of sp³-hybridized carbons (Fsp3) is 0.400. The molecule has 0 aromatic heterocycles. The van der Waals surface area contributed by atoms with Crippen molar-refractivity contribution in [2.24, 2.45) is 0 Å². The summed E-state index contributed by atoms with van der Waals surface area (Å²) >= 11 is 1.86. The molecular formula is C10H12OS. The highest BCUT2D eigenvalue weighted by Gasteiger charge is 2.38. The molecule has 2 rings (SSSR count). The van der Waals surface area contributed by atoms with E-state index in [9.17, 15) is 0 Å². The van der Waals surface area contributed by atoms with Gasteiger partial charge in [0.25, 0.3) is 0 Å². The fourth-order valence-corrected chi connectivity index (χ4v) is 1.95. The molecule has 0 bridgehead atoms. The van der Waals surface area contributed by atoms with Gasteiger partial charge in [0.15, 0.2) is 0 Å². The van der Waals surface area contributed by atoms with E-state index in [4.69, 9.17) is 4.74 Å². The smallest absolute Gasteiger partial charge is 0.0981 e. The maximum Gasteiger partial charge on any atom is 0.0981 e. The Kier molecular flexibility index (Phi) is 2.11. The van der Waals surface area contributed by atoms with Crippen LogP contribution in [0.2, 0.25) is 0 Å². The van der Waals surface area contributed by atoms with E-state index >= 15 is 0 Å². The minimum absolute atomic E-state index is 0.167. The number of hydrogen-bond acceptors (Lipinski definition) is 2. The fourth-order valence-electron chi connectivity index (χ4n) is 0.959. The van der Waals surface area contributed by atoms with E-state index in [1.165, 1.54) is 4.90 Å². The molecule has 1 aromatic carbocycles. The van der Waals surface area contributed by atoms with Crippen LogP contribution in [-0.2, 0) is 4.74 Å². The molecule has 1 fully saturated rings. The molecule has 0 radical (unpaired) electrons. The molecule has 1 aliphatic heterocycles. The van der Waals surface area contributed by atoms with Crippen LogP contribution in [0.4, 0.5) is 0 Å². The summed E-state index contributed by atoms with van der Waals surface area (Å²) in [6.45, 7) is 3.08. The highest BCUT2D eigenvalue weighted by Crippen LogP contribution is 2.32. The van der Waals surface area contributed by atoms with Crippen LogP contribution in [0.5, 0.6) is 0 Å². The first kappa shape index (κ1) is 8.14. The predicted octanol–water partition coefficient (Wildman–Crippen LogP) is 2.57. The Morgan fingerprint density at radius 2 is 2.08 bits per heavy atom. The third-order valence-electron chi connectivity index (χ3n) is 1.92. The minimum atomic E-state index is 0.167. The first-order valence-electron chi connectivity index (χ1n) is 4.10. The molecule has 64 valence electrons. The number of thioether (sulfide) groups is 1. The number of ether oxygens (including phenoxy) is 1. The minimum Gasteiger partial charge on any atom is -0.369 e. The molecule has 1 nitrogen and oxygen atoms in total. The van der Waals surface area contributed by atoms with E-state index in [2.05, 4.69) is 31.2 Å². The Hall–Kier alpha value is -0.470. The molecule has 1 unspecified atom stereocenters. The van der Waals surface area contributed by atoms with Crippen molar-refractivity contribution in [1.29, 1.82) is 0 Å². The molecule has 0 N–H and O–H groups in total. The van der Waals surface area contributed by atoms with Crippen molar-refractivity contribution in [1.82, 2.24) is 0 Å². The van der Waals surface area contributed by atoms with Crippen LogP contribution in [-0.4, -0.2) is 18.0 Å². The van der Waals surface area contributed by atoms with E-state index in [0.29, 0.717) is 0 Å². The van der Waals surface area contributed by atoms with Crippen LogP contribution in [0.25, 0.3) is 0 Å². The lowest BCUT2D eigenvalue weighted by molar-refractivity contribution is 0.348. The van der Waals surface area contributed by atoms with Gasteiger partial charge in [-0.05, 0) is 19.1 Å². The molecule has 1 heterocycles. The van der Waals surface area contributed by atoms with E-state index in [1.54, 1.807) is 0 Å². The molecule has 1 atom stereocenters. The molecule has 0 saturated carbocycles. The van der Waals surface area contributed by atoms with Gasteiger partial charge >= 0.3 is 0 Å². The average molecular weight is 180 g/mol. The molecule has 1 saturated heterocycles. The molecule has 1 aromatic rings. The second kappa shape index (κ2) is 3.11. The van der Waals surface area contributed by atoms with Gasteiger partial charge < -0.3 is 4.74 Å². The number of rotatable bonds is 3. The predicted molar refractivity (Wildman–Crippen MR) is 51.5 cm³/mol. The zero-order valence-corrected chi connectivity index (χ0v) is 7.93. The Morgan fingerprint density at radius 3 is 2.67 bits per heavy atom. The Balaban J connectivity index is 1.88. The van der Waals surface area contributed by atoms with E-state index < -0.39 is 0 Å². The summed E-state index contributed by atoms with van der Waals surface area (Å²) in [6.07, 6.45) is 0. The summed E-state index contributed by atoms with van der Waals surface area (Å²) in [7, 11) is 0. The zero-order chi connectivity index (χ0) is 8.44. The van der Waals surface area contributed by atoms with Crippen LogP contribution in [0.1, 0.15) is 6.92 Å². The van der Waals surface area contributed by atoms with Gasteiger partial charge in [0.05, 0.1) is 12.2 Å². The maximum absolute atomic E-state index is 5.30. The summed E-state index contributed by atoms with van der Waals surface area (Å²) in [4.78, 5) is 1.33. The number of hydrogen-bond donors (Lipinski definition) is 0. The first-order chi connectivity index (χ1) is 5.79. The van der Waals surface area contributed by atoms with Gasteiger partial charge in [-0.25, -0.2) is 0 Å². The molecule has 1 aliphatic rings. The Labute approximate surface area is 77.1 Å². The third-order valence-corrected chi connectivity index (χ3v) is 3.28. The third kappa shape index (κ3) is 2.02. The van der Waals surface area contributed by atoms with Gasteiger partial charge in [-0.1, -0.05) is 18.2 Å². The van der Waals surface area contributed by atoms with Crippen molar-refractivity contribution in [2.75, 3.05) is 12.4 Å². The average Bonchev–Trinajstić information content (AvgIpc) is 2.84. The van der Waals surface area contributed by atoms with Gasteiger partial charge in [-0.15, -0.1) is 11.8 Å². The molecule has 0 spiro atoms. The normalized spacial score (nSPS) is 27.1. The van der Waals surface area contributed by atoms with Crippen molar-refractivity contribution >= 4 is 11.8 Å². The SMILES string of the molecule is CC1(CSc2ccccc2)CO1. The topological polar surface area (TPSA) is 12.5 Å². The monoisotopic (exact) mass is 180 g/mol.